The van der Waals surface area contributed by atoms with Crippen molar-refractivity contribution in [3.05, 3.63) is 27.1 Å². The fourth-order valence-electron chi connectivity index (χ4n) is 1.27. The number of nitrogens with zero attached hydrogens (tertiary/aromatic N) is 3. The molecule has 0 aliphatic rings. The summed E-state index contributed by atoms with van der Waals surface area (Å²) in [7, 11) is 0. The second-order valence-corrected chi connectivity index (χ2v) is 4.22. The summed E-state index contributed by atoms with van der Waals surface area (Å²) in [6.07, 6.45) is 1.94. The number of aryl methyl sites for hydroxylation is 2. The lowest BCUT2D eigenvalue weighted by Crippen LogP contribution is -2.14. The van der Waals surface area contributed by atoms with Crippen LogP contribution in [0.3, 0.4) is 0 Å². The van der Waals surface area contributed by atoms with Gasteiger partial charge in [-0.1, -0.05) is 18.3 Å². The van der Waals surface area contributed by atoms with E-state index < -0.39 is 0 Å². The van der Waals surface area contributed by atoms with E-state index in [1.54, 1.807) is 0 Å². The van der Waals surface area contributed by atoms with Crippen LogP contribution in [-0.2, 0) is 6.42 Å². The standard InChI is InChI=1S/C9H11N3OS/c1-3-4-7-11-12-8(13)5-6(2)10-9(12)14-7/h5H,3-4H2,1-2H3. The maximum Gasteiger partial charge on any atom is 0.275 e. The highest BCUT2D eigenvalue weighted by molar-refractivity contribution is 7.16. The quantitative estimate of drug-likeness (QED) is 0.751. The van der Waals surface area contributed by atoms with Crippen molar-refractivity contribution in [1.29, 1.82) is 0 Å². The van der Waals surface area contributed by atoms with Crippen molar-refractivity contribution >= 4 is 16.3 Å². The molecule has 4 nitrogen and oxygen atoms in total. The van der Waals surface area contributed by atoms with Crippen LogP contribution in [0.5, 0.6) is 0 Å². The highest BCUT2D eigenvalue weighted by Crippen LogP contribution is 2.12. The molecule has 2 rings (SSSR count). The Kier molecular flexibility index (Phi) is 2.33. The van der Waals surface area contributed by atoms with Gasteiger partial charge in [0, 0.05) is 18.2 Å². The van der Waals surface area contributed by atoms with Gasteiger partial charge >= 0.3 is 0 Å². The summed E-state index contributed by atoms with van der Waals surface area (Å²) >= 11 is 1.49. The Balaban J connectivity index is 2.65. The lowest BCUT2D eigenvalue weighted by atomic mass is 10.4. The van der Waals surface area contributed by atoms with E-state index in [1.807, 2.05) is 6.92 Å². The van der Waals surface area contributed by atoms with E-state index >= 15 is 0 Å². The molecule has 0 bridgehead atoms. The van der Waals surface area contributed by atoms with Crippen LogP contribution in [0, 0.1) is 6.92 Å². The average molecular weight is 209 g/mol. The van der Waals surface area contributed by atoms with Crippen LogP contribution in [0.25, 0.3) is 4.96 Å². The van der Waals surface area contributed by atoms with E-state index in [2.05, 4.69) is 17.0 Å². The van der Waals surface area contributed by atoms with Crippen LogP contribution in [-0.4, -0.2) is 14.6 Å². The second-order valence-electron chi connectivity index (χ2n) is 3.18. The molecule has 2 aromatic heterocycles. The Morgan fingerprint density at radius 3 is 3.07 bits per heavy atom. The van der Waals surface area contributed by atoms with Gasteiger partial charge in [-0.05, 0) is 13.3 Å². The third kappa shape index (κ3) is 1.55. The van der Waals surface area contributed by atoms with Crippen LogP contribution in [0.1, 0.15) is 24.0 Å². The van der Waals surface area contributed by atoms with E-state index in [9.17, 15) is 4.79 Å². The molecule has 2 aromatic rings. The van der Waals surface area contributed by atoms with Gasteiger partial charge in [-0.2, -0.15) is 9.61 Å². The van der Waals surface area contributed by atoms with Gasteiger partial charge in [-0.3, -0.25) is 4.79 Å². The number of rotatable bonds is 2. The lowest BCUT2D eigenvalue weighted by molar-refractivity contribution is 0.819. The van der Waals surface area contributed by atoms with Crippen LogP contribution >= 0.6 is 11.3 Å². The Morgan fingerprint density at radius 1 is 1.57 bits per heavy atom. The Morgan fingerprint density at radius 2 is 2.36 bits per heavy atom. The van der Waals surface area contributed by atoms with Crippen LogP contribution in [0.2, 0.25) is 0 Å². The van der Waals surface area contributed by atoms with Crippen LogP contribution in [0.4, 0.5) is 0 Å². The fraction of sp³-hybridized carbons (Fsp3) is 0.444. The van der Waals surface area contributed by atoms with Crippen molar-refractivity contribution in [1.82, 2.24) is 14.6 Å². The van der Waals surface area contributed by atoms with Crippen molar-refractivity contribution < 1.29 is 0 Å². The predicted octanol–water partition coefficient (Wildman–Crippen LogP) is 1.41. The molecule has 0 atom stereocenters. The molecule has 0 saturated heterocycles. The summed E-state index contributed by atoms with van der Waals surface area (Å²) in [5.74, 6) is 0. The van der Waals surface area contributed by atoms with Gasteiger partial charge in [-0.25, -0.2) is 4.98 Å². The second kappa shape index (κ2) is 3.49. The van der Waals surface area contributed by atoms with Gasteiger partial charge < -0.3 is 0 Å². The van der Waals surface area contributed by atoms with Crippen molar-refractivity contribution in [2.45, 2.75) is 26.7 Å². The van der Waals surface area contributed by atoms with E-state index in [1.165, 1.54) is 21.9 Å². The average Bonchev–Trinajstić information content (AvgIpc) is 2.48. The molecule has 0 saturated carbocycles. The summed E-state index contributed by atoms with van der Waals surface area (Å²) < 4.78 is 1.38. The minimum Gasteiger partial charge on any atom is -0.267 e. The summed E-state index contributed by atoms with van der Waals surface area (Å²) in [6, 6.07) is 1.50. The summed E-state index contributed by atoms with van der Waals surface area (Å²) in [4.78, 5) is 16.4. The number of hydrogen-bond donors (Lipinski definition) is 0. The first kappa shape index (κ1) is 9.33. The molecule has 14 heavy (non-hydrogen) atoms. The molecule has 74 valence electrons. The van der Waals surface area contributed by atoms with E-state index in [4.69, 9.17) is 0 Å². The van der Waals surface area contributed by atoms with Crippen molar-refractivity contribution in [2.75, 3.05) is 0 Å². The zero-order chi connectivity index (χ0) is 10.1. The molecule has 0 N–H and O–H groups in total. The molecule has 0 unspecified atom stereocenters. The Labute approximate surface area is 85.2 Å². The highest BCUT2D eigenvalue weighted by Gasteiger charge is 2.05. The SMILES string of the molecule is CCCc1nn2c(=O)cc(C)nc2s1. The van der Waals surface area contributed by atoms with Gasteiger partial charge in [0.25, 0.3) is 5.56 Å². The maximum absolute atomic E-state index is 11.5. The number of hydrogen-bond acceptors (Lipinski definition) is 4. The molecular weight excluding hydrogens is 198 g/mol. The van der Waals surface area contributed by atoms with Crippen molar-refractivity contribution in [3.63, 3.8) is 0 Å². The van der Waals surface area contributed by atoms with Crippen LogP contribution < -0.4 is 5.56 Å². The molecule has 0 spiro atoms. The molecule has 0 amide bonds. The summed E-state index contributed by atoms with van der Waals surface area (Å²) in [6.45, 7) is 3.91. The first-order valence-electron chi connectivity index (χ1n) is 4.57. The Hall–Kier alpha value is -1.23. The van der Waals surface area contributed by atoms with Gasteiger partial charge in [0.05, 0.1) is 0 Å². The zero-order valence-corrected chi connectivity index (χ0v) is 8.97. The zero-order valence-electron chi connectivity index (χ0n) is 8.15. The predicted molar refractivity (Wildman–Crippen MR) is 55.9 cm³/mol. The van der Waals surface area contributed by atoms with Gasteiger partial charge in [0.2, 0.25) is 4.96 Å². The Bertz CT molecular complexity index is 514. The van der Waals surface area contributed by atoms with Gasteiger partial charge in [0.15, 0.2) is 0 Å². The summed E-state index contributed by atoms with van der Waals surface area (Å²) in [5.41, 5.74) is 0.660. The molecule has 0 aromatic carbocycles. The van der Waals surface area contributed by atoms with E-state index in [0.29, 0.717) is 4.96 Å². The van der Waals surface area contributed by atoms with Crippen LogP contribution in [0.15, 0.2) is 10.9 Å². The normalized spacial score (nSPS) is 11.0. The minimum absolute atomic E-state index is 0.0916. The molecule has 0 fully saturated rings. The maximum atomic E-state index is 11.5. The molecule has 5 heteroatoms. The topological polar surface area (TPSA) is 47.3 Å². The minimum atomic E-state index is -0.0916. The smallest absolute Gasteiger partial charge is 0.267 e. The largest absolute Gasteiger partial charge is 0.275 e. The van der Waals surface area contributed by atoms with E-state index in [0.717, 1.165) is 23.5 Å². The molecule has 2 heterocycles. The monoisotopic (exact) mass is 209 g/mol. The van der Waals surface area contributed by atoms with E-state index in [-0.39, 0.29) is 5.56 Å². The van der Waals surface area contributed by atoms with Gasteiger partial charge in [0.1, 0.15) is 5.01 Å². The summed E-state index contributed by atoms with van der Waals surface area (Å²) in [5, 5.41) is 5.18. The molecule has 0 radical (unpaired) electrons. The van der Waals surface area contributed by atoms with Gasteiger partial charge in [-0.15, -0.1) is 0 Å². The number of fused-ring (bicyclic) bond motifs is 1. The molecule has 0 aliphatic carbocycles. The molecular formula is C9H11N3OS. The third-order valence-electron chi connectivity index (χ3n) is 1.88. The molecule has 0 aliphatic heterocycles. The van der Waals surface area contributed by atoms with Crippen molar-refractivity contribution in [3.8, 4) is 0 Å². The fourth-order valence-corrected chi connectivity index (χ4v) is 2.32. The first-order chi connectivity index (χ1) is 6.70. The number of aromatic nitrogens is 3. The lowest BCUT2D eigenvalue weighted by Gasteiger charge is -1.89. The third-order valence-corrected chi connectivity index (χ3v) is 2.85. The highest BCUT2D eigenvalue weighted by atomic mass is 32.1. The van der Waals surface area contributed by atoms with Crippen molar-refractivity contribution in [2.24, 2.45) is 0 Å². The first-order valence-corrected chi connectivity index (χ1v) is 5.38.